The summed E-state index contributed by atoms with van der Waals surface area (Å²) in [6.07, 6.45) is 6.25. The molecule has 2 atom stereocenters. The highest BCUT2D eigenvalue weighted by Crippen LogP contribution is 2.17. The maximum Gasteiger partial charge on any atom is 0.0729 e. The molecule has 0 radical (unpaired) electrons. The molecule has 0 aromatic rings. The van der Waals surface area contributed by atoms with Crippen LogP contribution in [-0.2, 0) is 0 Å². The van der Waals surface area contributed by atoms with Crippen LogP contribution in [0.4, 0.5) is 0 Å². The Morgan fingerprint density at radius 3 is 2.62 bits per heavy atom. The van der Waals surface area contributed by atoms with Gasteiger partial charge in [0, 0.05) is 0 Å². The van der Waals surface area contributed by atoms with Crippen LogP contribution in [0.2, 0.25) is 0 Å². The third-order valence-corrected chi connectivity index (χ3v) is 1.40. The quantitative estimate of drug-likeness (QED) is 0.501. The Labute approximate surface area is 49.3 Å². The van der Waals surface area contributed by atoms with Crippen molar-refractivity contribution < 1.29 is 5.11 Å². The van der Waals surface area contributed by atoms with Crippen molar-refractivity contribution in [2.75, 3.05) is 0 Å². The van der Waals surface area contributed by atoms with Crippen molar-refractivity contribution in [3.05, 3.63) is 24.8 Å². The molecule has 8 heavy (non-hydrogen) atoms. The Morgan fingerprint density at radius 2 is 2.38 bits per heavy atom. The van der Waals surface area contributed by atoms with Crippen LogP contribution in [0.25, 0.3) is 0 Å². The third kappa shape index (κ3) is 0.984. The SMILES string of the molecule is C=C[C@@H]1C=C[C@H](O)C1. The molecule has 0 spiro atoms. The maximum absolute atomic E-state index is 8.90. The topological polar surface area (TPSA) is 20.2 Å². The van der Waals surface area contributed by atoms with Crippen molar-refractivity contribution in [3.8, 4) is 0 Å². The molecule has 0 aromatic heterocycles. The van der Waals surface area contributed by atoms with E-state index < -0.39 is 0 Å². The fourth-order valence-electron chi connectivity index (χ4n) is 0.882. The summed E-state index contributed by atoms with van der Waals surface area (Å²) in [7, 11) is 0. The van der Waals surface area contributed by atoms with Gasteiger partial charge >= 0.3 is 0 Å². The molecule has 44 valence electrons. The largest absolute Gasteiger partial charge is 0.389 e. The minimum atomic E-state index is -0.224. The molecule has 0 unspecified atom stereocenters. The zero-order valence-corrected chi connectivity index (χ0v) is 4.75. The molecule has 0 aromatic carbocycles. The lowest BCUT2D eigenvalue weighted by atomic mass is 10.1. The van der Waals surface area contributed by atoms with Crippen molar-refractivity contribution >= 4 is 0 Å². The van der Waals surface area contributed by atoms with Crippen LogP contribution in [0.1, 0.15) is 6.42 Å². The summed E-state index contributed by atoms with van der Waals surface area (Å²) in [6.45, 7) is 3.61. The molecule has 0 bridgehead atoms. The van der Waals surface area contributed by atoms with Gasteiger partial charge in [0.25, 0.3) is 0 Å². The molecule has 1 aliphatic rings. The van der Waals surface area contributed by atoms with E-state index in [1.165, 1.54) is 0 Å². The average Bonchev–Trinajstić information content (AvgIpc) is 2.14. The molecule has 0 saturated heterocycles. The molecule has 0 fully saturated rings. The molecule has 0 heterocycles. The second-order valence-corrected chi connectivity index (χ2v) is 2.09. The smallest absolute Gasteiger partial charge is 0.0729 e. The monoisotopic (exact) mass is 110 g/mol. The van der Waals surface area contributed by atoms with Gasteiger partial charge in [0.1, 0.15) is 0 Å². The second-order valence-electron chi connectivity index (χ2n) is 2.09. The molecule has 1 heteroatoms. The minimum Gasteiger partial charge on any atom is -0.389 e. The van der Waals surface area contributed by atoms with Crippen LogP contribution in [0, 0.1) is 5.92 Å². The molecule has 1 rings (SSSR count). The zero-order chi connectivity index (χ0) is 5.98. The van der Waals surface area contributed by atoms with Gasteiger partial charge in [0.05, 0.1) is 6.10 Å². The van der Waals surface area contributed by atoms with Gasteiger partial charge in [-0.2, -0.15) is 0 Å². The standard InChI is InChI=1S/C7H10O/c1-2-6-3-4-7(8)5-6/h2-4,6-8H,1,5H2/t6-,7+/m1/s1. The van der Waals surface area contributed by atoms with Crippen molar-refractivity contribution in [2.45, 2.75) is 12.5 Å². The predicted octanol–water partition coefficient (Wildman–Crippen LogP) is 1.11. The molecule has 1 N–H and O–H groups in total. The summed E-state index contributed by atoms with van der Waals surface area (Å²) in [5.41, 5.74) is 0. The van der Waals surface area contributed by atoms with Gasteiger partial charge in [-0.25, -0.2) is 0 Å². The van der Waals surface area contributed by atoms with Crippen LogP contribution in [-0.4, -0.2) is 11.2 Å². The van der Waals surface area contributed by atoms with Gasteiger partial charge in [-0.1, -0.05) is 18.2 Å². The minimum absolute atomic E-state index is 0.224. The van der Waals surface area contributed by atoms with Gasteiger partial charge in [-0.05, 0) is 12.3 Å². The lowest BCUT2D eigenvalue weighted by molar-refractivity contribution is 0.216. The van der Waals surface area contributed by atoms with Crippen molar-refractivity contribution in [1.29, 1.82) is 0 Å². The Balaban J connectivity index is 2.45. The first-order valence-electron chi connectivity index (χ1n) is 2.82. The molecular weight excluding hydrogens is 100 g/mol. The van der Waals surface area contributed by atoms with Crippen molar-refractivity contribution in [3.63, 3.8) is 0 Å². The molecule has 0 saturated carbocycles. The number of aliphatic hydroxyl groups excluding tert-OH is 1. The van der Waals surface area contributed by atoms with Gasteiger partial charge < -0.3 is 5.11 Å². The van der Waals surface area contributed by atoms with Crippen molar-refractivity contribution in [2.24, 2.45) is 5.92 Å². The van der Waals surface area contributed by atoms with E-state index in [1.54, 1.807) is 0 Å². The third-order valence-electron chi connectivity index (χ3n) is 1.40. The Kier molecular flexibility index (Phi) is 1.49. The van der Waals surface area contributed by atoms with Gasteiger partial charge in [0.15, 0.2) is 0 Å². The highest BCUT2D eigenvalue weighted by Gasteiger charge is 2.11. The van der Waals surface area contributed by atoms with E-state index in [0.717, 1.165) is 6.42 Å². The first-order valence-corrected chi connectivity index (χ1v) is 2.82. The predicted molar refractivity (Wildman–Crippen MR) is 33.5 cm³/mol. The van der Waals surface area contributed by atoms with E-state index in [1.807, 2.05) is 18.2 Å². The number of aliphatic hydroxyl groups is 1. The number of hydrogen-bond acceptors (Lipinski definition) is 1. The van der Waals surface area contributed by atoms with Crippen LogP contribution in [0.3, 0.4) is 0 Å². The highest BCUT2D eigenvalue weighted by atomic mass is 16.3. The van der Waals surface area contributed by atoms with E-state index >= 15 is 0 Å². The van der Waals surface area contributed by atoms with Crippen LogP contribution in [0.5, 0.6) is 0 Å². The summed E-state index contributed by atoms with van der Waals surface area (Å²) >= 11 is 0. The van der Waals surface area contributed by atoms with E-state index in [9.17, 15) is 0 Å². The lowest BCUT2D eigenvalue weighted by Crippen LogP contribution is -1.98. The van der Waals surface area contributed by atoms with E-state index in [0.29, 0.717) is 5.92 Å². The number of rotatable bonds is 1. The number of allylic oxidation sites excluding steroid dienone is 2. The first-order chi connectivity index (χ1) is 3.83. The van der Waals surface area contributed by atoms with Gasteiger partial charge in [-0.3, -0.25) is 0 Å². The Hall–Kier alpha value is -0.560. The summed E-state index contributed by atoms with van der Waals surface area (Å²) < 4.78 is 0. The van der Waals surface area contributed by atoms with Crippen LogP contribution < -0.4 is 0 Å². The van der Waals surface area contributed by atoms with E-state index in [2.05, 4.69) is 6.58 Å². The second kappa shape index (κ2) is 2.14. The van der Waals surface area contributed by atoms with Crippen molar-refractivity contribution in [1.82, 2.24) is 0 Å². The fraction of sp³-hybridized carbons (Fsp3) is 0.429. The zero-order valence-electron chi connectivity index (χ0n) is 4.75. The van der Waals surface area contributed by atoms with E-state index in [-0.39, 0.29) is 6.10 Å². The van der Waals surface area contributed by atoms with Gasteiger partial charge in [0.2, 0.25) is 0 Å². The molecule has 1 aliphatic carbocycles. The highest BCUT2D eigenvalue weighted by molar-refractivity contribution is 5.07. The molecule has 0 amide bonds. The van der Waals surface area contributed by atoms with Gasteiger partial charge in [-0.15, -0.1) is 6.58 Å². The van der Waals surface area contributed by atoms with Crippen LogP contribution in [0.15, 0.2) is 24.8 Å². The Bertz CT molecular complexity index is 116. The maximum atomic E-state index is 8.90. The fourth-order valence-corrected chi connectivity index (χ4v) is 0.882. The normalized spacial score (nSPS) is 35.6. The number of hydrogen-bond donors (Lipinski definition) is 1. The van der Waals surface area contributed by atoms with E-state index in [4.69, 9.17) is 5.11 Å². The molecule has 1 nitrogen and oxygen atoms in total. The Morgan fingerprint density at radius 1 is 1.62 bits per heavy atom. The summed E-state index contributed by atoms with van der Waals surface area (Å²) in [5, 5.41) is 8.90. The first kappa shape index (κ1) is 5.57. The summed E-state index contributed by atoms with van der Waals surface area (Å²) in [5.74, 6) is 0.407. The molecular formula is C7H10O. The lowest BCUT2D eigenvalue weighted by Gasteiger charge is -1.98. The molecule has 0 aliphatic heterocycles. The summed E-state index contributed by atoms with van der Waals surface area (Å²) in [6, 6.07) is 0. The van der Waals surface area contributed by atoms with Crippen LogP contribution >= 0.6 is 0 Å². The summed E-state index contributed by atoms with van der Waals surface area (Å²) in [4.78, 5) is 0. The average molecular weight is 110 g/mol.